The van der Waals surface area contributed by atoms with Gasteiger partial charge in [0.1, 0.15) is 5.82 Å². The van der Waals surface area contributed by atoms with Gasteiger partial charge in [-0.05, 0) is 13.8 Å². The van der Waals surface area contributed by atoms with Crippen molar-refractivity contribution in [3.8, 4) is 0 Å². The largest absolute Gasteiger partial charge is 0.383 e. The summed E-state index contributed by atoms with van der Waals surface area (Å²) in [6.45, 7) is 4.25. The van der Waals surface area contributed by atoms with Crippen molar-refractivity contribution in [1.82, 2.24) is 19.6 Å². The van der Waals surface area contributed by atoms with E-state index in [2.05, 4.69) is 15.2 Å². The van der Waals surface area contributed by atoms with Crippen molar-refractivity contribution in [2.45, 2.75) is 19.9 Å². The highest BCUT2D eigenvalue weighted by Gasteiger charge is 2.15. The number of rotatable bonds is 3. The quantitative estimate of drug-likeness (QED) is 0.811. The first kappa shape index (κ1) is 11.0. The minimum absolute atomic E-state index is 0.289. The Labute approximate surface area is 93.5 Å². The highest BCUT2D eigenvalue weighted by atomic mass is 16.5. The molecule has 0 aliphatic heterocycles. The van der Waals surface area contributed by atoms with Gasteiger partial charge < -0.3 is 10.5 Å². The Morgan fingerprint density at radius 1 is 1.44 bits per heavy atom. The van der Waals surface area contributed by atoms with E-state index in [1.807, 2.05) is 24.3 Å². The lowest BCUT2D eigenvalue weighted by Gasteiger charge is -2.09. The lowest BCUT2D eigenvalue weighted by Crippen LogP contribution is -2.20. The number of ether oxygens (including phenoxy) is 1. The summed E-state index contributed by atoms with van der Waals surface area (Å²) in [4.78, 5) is 4.36. The molecule has 86 valence electrons. The van der Waals surface area contributed by atoms with E-state index >= 15 is 0 Å². The van der Waals surface area contributed by atoms with Crippen molar-refractivity contribution in [3.05, 3.63) is 23.4 Å². The van der Waals surface area contributed by atoms with Crippen LogP contribution in [0.3, 0.4) is 0 Å². The molecule has 1 unspecified atom stereocenters. The predicted molar refractivity (Wildman–Crippen MR) is 59.1 cm³/mol. The van der Waals surface area contributed by atoms with Crippen molar-refractivity contribution in [2.75, 3.05) is 13.7 Å². The molecule has 0 fully saturated rings. The fraction of sp³-hybridized carbons (Fsp3) is 0.500. The standard InChI is InChI=1S/C10H15N5O/c1-6-4-9-13-14-10(8(11)5-16-3)15(9)7(2)12-6/h4,8H,5,11H2,1-3H3. The average molecular weight is 221 g/mol. The summed E-state index contributed by atoms with van der Waals surface area (Å²) in [7, 11) is 1.61. The van der Waals surface area contributed by atoms with Crippen LogP contribution >= 0.6 is 0 Å². The molecule has 0 bridgehead atoms. The maximum absolute atomic E-state index is 5.95. The van der Waals surface area contributed by atoms with Crippen molar-refractivity contribution < 1.29 is 4.74 Å². The van der Waals surface area contributed by atoms with E-state index < -0.39 is 0 Å². The highest BCUT2D eigenvalue weighted by molar-refractivity contribution is 5.40. The Hall–Kier alpha value is -1.53. The highest BCUT2D eigenvalue weighted by Crippen LogP contribution is 2.13. The molecule has 0 spiro atoms. The van der Waals surface area contributed by atoms with Crippen LogP contribution in [-0.4, -0.2) is 33.3 Å². The van der Waals surface area contributed by atoms with Crippen LogP contribution in [0.5, 0.6) is 0 Å². The van der Waals surface area contributed by atoms with E-state index in [-0.39, 0.29) is 6.04 Å². The number of hydrogen-bond donors (Lipinski definition) is 1. The second kappa shape index (κ2) is 4.15. The summed E-state index contributed by atoms with van der Waals surface area (Å²) in [5.41, 5.74) is 7.64. The van der Waals surface area contributed by atoms with Crippen LogP contribution in [0.1, 0.15) is 23.4 Å². The minimum atomic E-state index is -0.289. The number of aromatic nitrogens is 4. The molecule has 16 heavy (non-hydrogen) atoms. The van der Waals surface area contributed by atoms with Gasteiger partial charge in [0.25, 0.3) is 0 Å². The molecule has 2 N–H and O–H groups in total. The third-order valence-electron chi connectivity index (χ3n) is 2.39. The van der Waals surface area contributed by atoms with Crippen molar-refractivity contribution in [1.29, 1.82) is 0 Å². The third kappa shape index (κ3) is 1.77. The zero-order chi connectivity index (χ0) is 11.7. The minimum Gasteiger partial charge on any atom is -0.383 e. The Bertz CT molecular complexity index is 507. The molecule has 0 amide bonds. The van der Waals surface area contributed by atoms with Gasteiger partial charge in [-0.2, -0.15) is 0 Å². The number of methoxy groups -OCH3 is 1. The molecule has 0 aliphatic rings. The first-order chi connectivity index (χ1) is 7.63. The molecular weight excluding hydrogens is 206 g/mol. The number of fused-ring (bicyclic) bond motifs is 1. The topological polar surface area (TPSA) is 78.3 Å². The van der Waals surface area contributed by atoms with E-state index in [1.54, 1.807) is 7.11 Å². The number of nitrogens with two attached hydrogens (primary N) is 1. The third-order valence-corrected chi connectivity index (χ3v) is 2.39. The molecule has 0 saturated carbocycles. The van der Waals surface area contributed by atoms with Gasteiger partial charge in [0.05, 0.1) is 12.6 Å². The molecule has 0 saturated heterocycles. The summed E-state index contributed by atoms with van der Waals surface area (Å²) in [5.74, 6) is 1.52. The van der Waals surface area contributed by atoms with Gasteiger partial charge in [-0.25, -0.2) is 4.98 Å². The Balaban J connectivity index is 2.55. The average Bonchev–Trinajstić information content (AvgIpc) is 2.61. The SMILES string of the molecule is COCC(N)c1nnc2cc(C)nc(C)n12. The molecule has 6 nitrogen and oxygen atoms in total. The van der Waals surface area contributed by atoms with E-state index in [1.165, 1.54) is 0 Å². The van der Waals surface area contributed by atoms with Gasteiger partial charge in [0.2, 0.25) is 0 Å². The lowest BCUT2D eigenvalue weighted by molar-refractivity contribution is 0.177. The predicted octanol–water partition coefficient (Wildman–Crippen LogP) is 0.387. The maximum Gasteiger partial charge on any atom is 0.164 e. The Kier molecular flexibility index (Phi) is 2.84. The van der Waals surface area contributed by atoms with E-state index in [4.69, 9.17) is 10.5 Å². The van der Waals surface area contributed by atoms with Crippen molar-refractivity contribution >= 4 is 5.65 Å². The second-order valence-electron chi connectivity index (χ2n) is 3.76. The van der Waals surface area contributed by atoms with E-state index in [0.29, 0.717) is 12.4 Å². The summed E-state index contributed by atoms with van der Waals surface area (Å²) in [6.07, 6.45) is 0. The molecule has 0 aliphatic carbocycles. The van der Waals surface area contributed by atoms with Gasteiger partial charge in [-0.3, -0.25) is 4.40 Å². The number of hydrogen-bond acceptors (Lipinski definition) is 5. The van der Waals surface area contributed by atoms with Gasteiger partial charge in [0.15, 0.2) is 11.5 Å². The summed E-state index contributed by atoms with van der Waals surface area (Å²) < 4.78 is 6.87. The molecule has 6 heteroatoms. The molecule has 2 aromatic rings. The molecular formula is C10H15N5O. The lowest BCUT2D eigenvalue weighted by atomic mass is 10.3. The van der Waals surface area contributed by atoms with Crippen LogP contribution in [-0.2, 0) is 4.74 Å². The van der Waals surface area contributed by atoms with Gasteiger partial charge in [-0.15, -0.1) is 10.2 Å². The normalized spacial score (nSPS) is 13.2. The molecule has 0 radical (unpaired) electrons. The number of nitrogens with zero attached hydrogens (tertiary/aromatic N) is 4. The van der Waals surface area contributed by atoms with E-state index in [9.17, 15) is 0 Å². The van der Waals surface area contributed by atoms with Gasteiger partial charge in [-0.1, -0.05) is 0 Å². The summed E-state index contributed by atoms with van der Waals surface area (Å²) in [6, 6.07) is 1.59. The van der Waals surface area contributed by atoms with Crippen LogP contribution in [0.25, 0.3) is 5.65 Å². The maximum atomic E-state index is 5.95. The molecule has 0 aromatic carbocycles. The van der Waals surface area contributed by atoms with Gasteiger partial charge >= 0.3 is 0 Å². The molecule has 1 atom stereocenters. The number of aryl methyl sites for hydroxylation is 2. The first-order valence-electron chi connectivity index (χ1n) is 5.07. The van der Waals surface area contributed by atoms with Crippen LogP contribution in [0.4, 0.5) is 0 Å². The van der Waals surface area contributed by atoms with Crippen molar-refractivity contribution in [3.63, 3.8) is 0 Å². The van der Waals surface area contributed by atoms with Crippen molar-refractivity contribution in [2.24, 2.45) is 5.73 Å². The molecule has 2 heterocycles. The Morgan fingerprint density at radius 2 is 2.19 bits per heavy atom. The van der Waals surface area contributed by atoms with Crippen LogP contribution < -0.4 is 5.73 Å². The summed E-state index contributed by atoms with van der Waals surface area (Å²) in [5, 5.41) is 8.16. The van der Waals surface area contributed by atoms with Crippen LogP contribution in [0, 0.1) is 13.8 Å². The zero-order valence-electron chi connectivity index (χ0n) is 9.64. The first-order valence-corrected chi connectivity index (χ1v) is 5.07. The van der Waals surface area contributed by atoms with Gasteiger partial charge in [0, 0.05) is 18.9 Å². The monoisotopic (exact) mass is 221 g/mol. The fourth-order valence-electron chi connectivity index (χ4n) is 1.75. The zero-order valence-corrected chi connectivity index (χ0v) is 9.64. The molecule has 2 aromatic heterocycles. The summed E-state index contributed by atoms with van der Waals surface area (Å²) >= 11 is 0. The van der Waals surface area contributed by atoms with Crippen LogP contribution in [0.2, 0.25) is 0 Å². The fourth-order valence-corrected chi connectivity index (χ4v) is 1.75. The van der Waals surface area contributed by atoms with Crippen LogP contribution in [0.15, 0.2) is 6.07 Å². The Morgan fingerprint density at radius 3 is 2.88 bits per heavy atom. The smallest absolute Gasteiger partial charge is 0.164 e. The second-order valence-corrected chi connectivity index (χ2v) is 3.76. The van der Waals surface area contributed by atoms with E-state index in [0.717, 1.165) is 17.2 Å². The molecule has 2 rings (SSSR count).